The number of amides is 3. The van der Waals surface area contributed by atoms with Crippen molar-refractivity contribution in [3.05, 3.63) is 241 Å². The summed E-state index contributed by atoms with van der Waals surface area (Å²) in [5.74, 6) is 6.88. The van der Waals surface area contributed by atoms with E-state index < -0.39 is 0 Å². The zero-order valence-electron chi connectivity index (χ0n) is 75.2. The highest BCUT2D eigenvalue weighted by molar-refractivity contribution is 7.80. The van der Waals surface area contributed by atoms with Crippen molar-refractivity contribution >= 4 is 93.3 Å². The molecule has 0 radical (unpaired) electrons. The number of nitrogens with one attached hydrogen (secondary N) is 2. The average molecular weight is 1810 g/mol. The lowest BCUT2D eigenvalue weighted by Crippen LogP contribution is -2.48. The number of ketones is 3. The monoisotopic (exact) mass is 1810 g/mol. The fraction of sp³-hybridized carbons (Fsp3) is 0.406. The number of benzene rings is 8. The Kier molecular flexibility index (Phi) is 40.7. The van der Waals surface area contributed by atoms with Crippen LogP contribution < -0.4 is 55.3 Å². The molecule has 0 spiro atoms. The van der Waals surface area contributed by atoms with Crippen molar-refractivity contribution < 1.29 is 57.2 Å². The fourth-order valence-corrected chi connectivity index (χ4v) is 16.5. The summed E-state index contributed by atoms with van der Waals surface area (Å²) in [6.45, 7) is 22.7. The third-order valence-corrected chi connectivity index (χ3v) is 23.0. The quantitative estimate of drug-likeness (QED) is 0.0211. The Morgan fingerprint density at radius 1 is 0.385 bits per heavy atom. The number of para-hydroxylation sites is 12. The zero-order chi connectivity index (χ0) is 91.4. The summed E-state index contributed by atoms with van der Waals surface area (Å²) in [6, 6.07) is 74.1. The lowest BCUT2D eigenvalue weighted by molar-refractivity contribution is -0.148. The van der Waals surface area contributed by atoms with Gasteiger partial charge in [-0.3, -0.25) is 48.3 Å². The number of piperazine rings is 4. The summed E-state index contributed by atoms with van der Waals surface area (Å²) in [5, 5.41) is 3.37. The summed E-state index contributed by atoms with van der Waals surface area (Å²) >= 11 is 9.51. The normalized spacial score (nSPS) is 16.4. The molecule has 9 aromatic rings. The molecule has 0 bridgehead atoms. The Bertz CT molecular complexity index is 5070. The topological polar surface area (TPSA) is 291 Å². The van der Waals surface area contributed by atoms with Gasteiger partial charge in [-0.25, -0.2) is 4.98 Å². The standard InChI is InChI=1S/C28H33N5O2S.C27H33N3O4.C19H22N2O2.C16H18N2O.C10H17NO3.CH4N2S/c34-27-13-5-2-8-14-33(27)21-23-19-22(29-28(36)30-23)20-31-15-17-32(18-16-31)25-11-6-7-12-26(25)35-24-9-3-1-4-10-24;31-22(19-23(32)21-30-14-8-2-5-13-27(30)33)20-28-15-17-29(18-16-28)25-11-6-7-12-26(25)34-24-9-3-1-4-10-24;1-16(22)15-20-11-13-21(14-12-20)18-9-5-6-10-19(18)23-17-7-3-2-4-8-17;1-2-6-14(7-3-1)19-16-9-5-4-8-15(16)18-12-10-17-11-13-18;1-2-14-10(13)8-11-7-5-3-4-6-9(11)12;2-1(3)4/h1,3-4,6-7,9-12,19H,2,5,8,13-18,20-21H2,(H,29,30,36);1,3-4,6-7,9-12H,2,5,8,13-21H2;2-10H,11-15H2,1H3;1-9,17H,10-13H2;2-8H2,1H3;(H4,2,3,4). The zero-order valence-corrected chi connectivity index (χ0v) is 76.9. The minimum Gasteiger partial charge on any atom is -0.465 e. The van der Waals surface area contributed by atoms with E-state index in [-0.39, 0.29) is 72.2 Å². The van der Waals surface area contributed by atoms with Gasteiger partial charge in [-0.1, -0.05) is 141 Å². The molecule has 7 saturated heterocycles. The van der Waals surface area contributed by atoms with E-state index in [9.17, 15) is 33.6 Å². The van der Waals surface area contributed by atoms with E-state index in [4.69, 9.17) is 35.9 Å². The minimum atomic E-state index is -0.303. The molecular weight excluding hydrogens is 1680 g/mol. The van der Waals surface area contributed by atoms with Crippen LogP contribution >= 0.6 is 24.4 Å². The predicted molar refractivity (Wildman–Crippen MR) is 518 cm³/mol. The maximum atomic E-state index is 12.5. The third-order valence-electron chi connectivity index (χ3n) is 22.8. The number of hydrogen-bond donors (Lipinski definition) is 4. The molecule has 8 aromatic carbocycles. The van der Waals surface area contributed by atoms with Gasteiger partial charge in [0.2, 0.25) is 17.7 Å². The Balaban J connectivity index is 0.000000161. The van der Waals surface area contributed by atoms with Crippen LogP contribution in [0.4, 0.5) is 22.7 Å². The number of nitrogens with two attached hydrogens (primary N) is 2. The number of esters is 1. The number of hydrogen-bond acceptors (Lipinski definition) is 23. The molecule has 690 valence electrons. The number of H-pyrrole nitrogens is 1. The first kappa shape index (κ1) is 98.5. The molecular formula is C101H127N15O12S2. The number of carbonyl (C=O) groups is 7. The molecule has 3 amide bonds. The predicted octanol–water partition coefficient (Wildman–Crippen LogP) is 14.9. The molecule has 0 atom stereocenters. The van der Waals surface area contributed by atoms with Crippen molar-refractivity contribution in [3.63, 3.8) is 0 Å². The number of ether oxygens (including phenoxy) is 5. The second kappa shape index (κ2) is 53.7. The molecule has 8 heterocycles. The smallest absolute Gasteiger partial charge is 0.325 e. The van der Waals surface area contributed by atoms with E-state index >= 15 is 0 Å². The van der Waals surface area contributed by atoms with Crippen LogP contribution in [-0.2, 0) is 51.4 Å². The molecule has 27 nitrogen and oxygen atoms in total. The van der Waals surface area contributed by atoms with Gasteiger partial charge in [-0.2, -0.15) is 0 Å². The Morgan fingerprint density at radius 2 is 0.715 bits per heavy atom. The number of nitrogens with zero attached hydrogens (tertiary/aromatic N) is 11. The van der Waals surface area contributed by atoms with Gasteiger partial charge in [0, 0.05) is 156 Å². The van der Waals surface area contributed by atoms with Gasteiger partial charge in [0.05, 0.1) is 67.7 Å². The van der Waals surface area contributed by atoms with Crippen LogP contribution in [0, 0.1) is 4.77 Å². The second-order valence-electron chi connectivity index (χ2n) is 32.8. The highest BCUT2D eigenvalue weighted by Gasteiger charge is 2.29. The van der Waals surface area contributed by atoms with Crippen molar-refractivity contribution in [2.75, 3.05) is 177 Å². The van der Waals surface area contributed by atoms with Crippen LogP contribution in [-0.4, -0.2) is 243 Å². The van der Waals surface area contributed by atoms with Crippen LogP contribution in [0.25, 0.3) is 0 Å². The second-order valence-corrected chi connectivity index (χ2v) is 33.7. The first-order valence-corrected chi connectivity index (χ1v) is 46.5. The van der Waals surface area contributed by atoms with Crippen LogP contribution in [0.5, 0.6) is 46.0 Å². The largest absolute Gasteiger partial charge is 0.465 e. The van der Waals surface area contributed by atoms with Crippen LogP contribution in [0.2, 0.25) is 0 Å². The number of aromatic nitrogens is 2. The molecule has 7 aliphatic rings. The molecule has 130 heavy (non-hydrogen) atoms. The third kappa shape index (κ3) is 33.7. The summed E-state index contributed by atoms with van der Waals surface area (Å²) in [6.07, 6.45) is 10.6. The maximum Gasteiger partial charge on any atom is 0.325 e. The Morgan fingerprint density at radius 3 is 1.10 bits per heavy atom. The molecule has 6 N–H and O–H groups in total. The molecule has 0 saturated carbocycles. The van der Waals surface area contributed by atoms with Crippen LogP contribution in [0.1, 0.15) is 109 Å². The van der Waals surface area contributed by atoms with Crippen LogP contribution in [0.15, 0.2) is 224 Å². The van der Waals surface area contributed by atoms with Gasteiger partial charge in [0.1, 0.15) is 35.3 Å². The number of anilines is 4. The van der Waals surface area contributed by atoms with E-state index in [1.807, 2.05) is 187 Å². The highest BCUT2D eigenvalue weighted by atomic mass is 32.1. The number of thiocarbonyl (C=S) groups is 1. The molecule has 7 fully saturated rings. The van der Waals surface area contributed by atoms with Gasteiger partial charge in [-0.15, -0.1) is 0 Å². The van der Waals surface area contributed by atoms with Crippen molar-refractivity contribution in [3.8, 4) is 46.0 Å². The number of Topliss-reactive ketones (excluding diaryl/α,β-unsaturated/α-hetero) is 3. The first-order valence-electron chi connectivity index (χ1n) is 45.7. The molecule has 16 rings (SSSR count). The first-order chi connectivity index (χ1) is 63.3. The average Bonchev–Trinajstić information content (AvgIpc) is 0.907. The lowest BCUT2D eigenvalue weighted by atomic mass is 10.1. The van der Waals surface area contributed by atoms with E-state index in [0.717, 1.165) is 250 Å². The minimum absolute atomic E-state index is 0.000000000000000222. The van der Waals surface area contributed by atoms with Crippen LogP contribution in [0.3, 0.4) is 0 Å². The SMILES string of the molecule is CC(=O)CN1CCN(c2ccccc2Oc2ccccc2)CC1.CCOC(=O)CN1CCCCCC1=O.NC(N)=S.O=C(CC(=O)CN1CCCCCC1=O)CN1CCN(c2ccccc2Oc2ccccc2)CC1.O=C1CCCCCN1Cc1cc(CN2CCN(c3ccccc3Oc3ccccc3)CC2)nc(=S)[nH]1.c1ccc(Oc2ccccc2N2CCNCC2)cc1. The van der Waals surface area contributed by atoms with Crippen molar-refractivity contribution in [2.24, 2.45) is 11.5 Å². The van der Waals surface area contributed by atoms with Crippen molar-refractivity contribution in [1.29, 1.82) is 0 Å². The molecule has 7 aliphatic heterocycles. The van der Waals surface area contributed by atoms with Gasteiger partial charge in [-0.05, 0) is 180 Å². The number of aromatic amines is 1. The molecule has 29 heteroatoms. The number of carbonyl (C=O) groups excluding carboxylic acids is 7. The number of rotatable bonds is 27. The van der Waals surface area contributed by atoms with E-state index in [2.05, 4.69) is 116 Å². The van der Waals surface area contributed by atoms with Gasteiger partial charge < -0.3 is 79.8 Å². The fourth-order valence-electron chi connectivity index (χ4n) is 16.3. The summed E-state index contributed by atoms with van der Waals surface area (Å²) in [7, 11) is 0. The van der Waals surface area contributed by atoms with Crippen molar-refractivity contribution in [1.82, 2.24) is 44.7 Å². The molecule has 0 unspecified atom stereocenters. The summed E-state index contributed by atoms with van der Waals surface area (Å²) in [4.78, 5) is 112. The highest BCUT2D eigenvalue weighted by Crippen LogP contribution is 2.37. The Hall–Kier alpha value is -12.1. The summed E-state index contributed by atoms with van der Waals surface area (Å²) < 4.78 is 29.6. The van der Waals surface area contributed by atoms with E-state index in [0.29, 0.717) is 56.8 Å². The molecule has 1 aromatic heterocycles. The van der Waals surface area contributed by atoms with Gasteiger partial charge in [0.15, 0.2) is 44.4 Å². The maximum absolute atomic E-state index is 12.5. The summed E-state index contributed by atoms with van der Waals surface area (Å²) in [5.41, 5.74) is 15.6. The lowest BCUT2D eigenvalue weighted by Gasteiger charge is -2.36. The Labute approximate surface area is 775 Å². The van der Waals surface area contributed by atoms with Gasteiger partial charge >= 0.3 is 5.97 Å². The van der Waals surface area contributed by atoms with Crippen molar-refractivity contribution in [2.45, 2.75) is 110 Å². The van der Waals surface area contributed by atoms with E-state index in [1.54, 1.807) is 23.6 Å². The number of likely N-dealkylation sites (tertiary alicyclic amines) is 3. The van der Waals surface area contributed by atoms with Gasteiger partial charge in [0.25, 0.3) is 0 Å². The molecule has 0 aliphatic carbocycles. The van der Waals surface area contributed by atoms with E-state index in [1.165, 1.54) is 5.69 Å².